The van der Waals surface area contributed by atoms with E-state index >= 15 is 0 Å². The number of nitrogens with one attached hydrogen (secondary N) is 1. The Labute approximate surface area is 120 Å². The Bertz CT molecular complexity index is 533. The maximum Gasteiger partial charge on any atom is 0.393 e. The molecule has 1 aromatic carbocycles. The third kappa shape index (κ3) is 3.94. The third-order valence-corrected chi connectivity index (χ3v) is 3.91. The van der Waals surface area contributed by atoms with Crippen LogP contribution < -0.4 is 5.32 Å². The van der Waals surface area contributed by atoms with E-state index in [9.17, 15) is 17.6 Å². The van der Waals surface area contributed by atoms with Crippen molar-refractivity contribution >= 4 is 0 Å². The smallest absolute Gasteiger partial charge is 0.309 e. The predicted octanol–water partition coefficient (Wildman–Crippen LogP) is 3.91. The van der Waals surface area contributed by atoms with Crippen molar-refractivity contribution in [2.45, 2.75) is 44.4 Å². The van der Waals surface area contributed by atoms with E-state index in [-0.39, 0.29) is 18.5 Å². The Morgan fingerprint density at radius 3 is 2.62 bits per heavy atom. The van der Waals surface area contributed by atoms with E-state index in [2.05, 4.69) is 5.32 Å². The molecule has 6 heteroatoms. The molecule has 0 amide bonds. The number of benzene rings is 1. The Hall–Kier alpha value is -1.61. The number of hydrogen-bond donors (Lipinski definition) is 1. The summed E-state index contributed by atoms with van der Waals surface area (Å²) in [7, 11) is 0. The summed E-state index contributed by atoms with van der Waals surface area (Å²) >= 11 is 0. The molecule has 0 radical (unpaired) electrons. The normalized spacial score (nSPS) is 22.8. The van der Waals surface area contributed by atoms with Crippen LogP contribution in [-0.2, 0) is 6.54 Å². The minimum absolute atomic E-state index is 0.0923. The highest BCUT2D eigenvalue weighted by molar-refractivity contribution is 5.34. The van der Waals surface area contributed by atoms with E-state index in [1.165, 1.54) is 12.1 Å². The molecule has 1 aromatic rings. The molecule has 1 saturated carbocycles. The zero-order valence-corrected chi connectivity index (χ0v) is 11.4. The molecule has 2 unspecified atom stereocenters. The Morgan fingerprint density at radius 1 is 1.24 bits per heavy atom. The molecule has 2 rings (SSSR count). The number of alkyl halides is 3. The van der Waals surface area contributed by atoms with Crippen molar-refractivity contribution in [2.75, 3.05) is 0 Å². The Balaban J connectivity index is 2.03. The SMILES string of the molecule is N#Cc1cc(CNC2CCCCC2C(F)(F)F)ccc1F. The van der Waals surface area contributed by atoms with Crippen LogP contribution in [0.1, 0.15) is 36.8 Å². The number of rotatable bonds is 3. The topological polar surface area (TPSA) is 35.8 Å². The first kappa shape index (κ1) is 15.8. The van der Waals surface area contributed by atoms with Gasteiger partial charge in [-0.2, -0.15) is 18.4 Å². The third-order valence-electron chi connectivity index (χ3n) is 3.91. The highest BCUT2D eigenvalue weighted by Gasteiger charge is 2.45. The summed E-state index contributed by atoms with van der Waals surface area (Å²) in [6.45, 7) is 0.201. The van der Waals surface area contributed by atoms with Crippen LogP contribution in [0.2, 0.25) is 0 Å². The van der Waals surface area contributed by atoms with Gasteiger partial charge in [-0.3, -0.25) is 0 Å². The number of nitrogens with zero attached hydrogens (tertiary/aromatic N) is 1. The monoisotopic (exact) mass is 300 g/mol. The molecule has 0 aliphatic heterocycles. The quantitative estimate of drug-likeness (QED) is 0.859. The van der Waals surface area contributed by atoms with Gasteiger partial charge in [0.25, 0.3) is 0 Å². The van der Waals surface area contributed by atoms with Crippen LogP contribution in [0, 0.1) is 23.1 Å². The number of hydrogen-bond acceptors (Lipinski definition) is 2. The molecular formula is C15H16F4N2. The maximum absolute atomic E-state index is 13.2. The fourth-order valence-corrected chi connectivity index (χ4v) is 2.78. The second-order valence-corrected chi connectivity index (χ2v) is 5.35. The van der Waals surface area contributed by atoms with Crippen LogP contribution in [0.4, 0.5) is 17.6 Å². The summed E-state index contributed by atoms with van der Waals surface area (Å²) in [6.07, 6.45) is -2.20. The average Bonchev–Trinajstić information content (AvgIpc) is 2.45. The largest absolute Gasteiger partial charge is 0.393 e. The molecule has 1 N–H and O–H groups in total. The van der Waals surface area contributed by atoms with Gasteiger partial charge in [-0.05, 0) is 30.5 Å². The van der Waals surface area contributed by atoms with Crippen LogP contribution in [0.3, 0.4) is 0 Å². The number of nitriles is 1. The first-order valence-electron chi connectivity index (χ1n) is 6.90. The molecule has 0 saturated heterocycles. The van der Waals surface area contributed by atoms with E-state index in [1.54, 1.807) is 6.07 Å². The lowest BCUT2D eigenvalue weighted by molar-refractivity contribution is -0.189. The first-order chi connectivity index (χ1) is 9.91. The first-order valence-corrected chi connectivity index (χ1v) is 6.90. The molecule has 2 nitrogen and oxygen atoms in total. The van der Waals surface area contributed by atoms with Gasteiger partial charge < -0.3 is 5.32 Å². The van der Waals surface area contributed by atoms with Gasteiger partial charge >= 0.3 is 6.18 Å². The summed E-state index contributed by atoms with van der Waals surface area (Å²) in [6, 6.07) is 5.12. The van der Waals surface area contributed by atoms with Crippen molar-refractivity contribution < 1.29 is 17.6 Å². The molecule has 1 aliphatic carbocycles. The van der Waals surface area contributed by atoms with E-state index in [4.69, 9.17) is 5.26 Å². The summed E-state index contributed by atoms with van der Waals surface area (Å²) in [5.74, 6) is -1.95. The molecule has 2 atom stereocenters. The van der Waals surface area contributed by atoms with E-state index in [0.717, 1.165) is 12.5 Å². The molecule has 0 bridgehead atoms. The maximum atomic E-state index is 13.2. The van der Waals surface area contributed by atoms with Gasteiger partial charge in [0.1, 0.15) is 11.9 Å². The van der Waals surface area contributed by atoms with E-state index < -0.39 is 24.0 Å². The molecule has 21 heavy (non-hydrogen) atoms. The van der Waals surface area contributed by atoms with Gasteiger partial charge in [0.2, 0.25) is 0 Å². The number of halogens is 4. The predicted molar refractivity (Wildman–Crippen MR) is 69.8 cm³/mol. The highest BCUT2D eigenvalue weighted by atomic mass is 19.4. The van der Waals surface area contributed by atoms with Crippen LogP contribution in [0.25, 0.3) is 0 Å². The van der Waals surface area contributed by atoms with Gasteiger partial charge in [0, 0.05) is 12.6 Å². The van der Waals surface area contributed by atoms with Gasteiger partial charge in [0.05, 0.1) is 11.5 Å². The van der Waals surface area contributed by atoms with Gasteiger partial charge in [0.15, 0.2) is 0 Å². The molecule has 0 spiro atoms. The van der Waals surface area contributed by atoms with Gasteiger partial charge in [-0.15, -0.1) is 0 Å². The summed E-state index contributed by atoms with van der Waals surface area (Å²) in [4.78, 5) is 0. The highest BCUT2D eigenvalue weighted by Crippen LogP contribution is 2.37. The lowest BCUT2D eigenvalue weighted by atomic mass is 9.84. The van der Waals surface area contributed by atoms with Crippen LogP contribution in [0.5, 0.6) is 0 Å². The summed E-state index contributed by atoms with van der Waals surface area (Å²) in [5, 5.41) is 11.7. The average molecular weight is 300 g/mol. The summed E-state index contributed by atoms with van der Waals surface area (Å²) in [5.41, 5.74) is 0.518. The fraction of sp³-hybridized carbons (Fsp3) is 0.533. The summed E-state index contributed by atoms with van der Waals surface area (Å²) < 4.78 is 52.1. The van der Waals surface area contributed by atoms with Gasteiger partial charge in [-0.1, -0.05) is 18.9 Å². The standard InChI is InChI=1S/C15H16F4N2/c16-13-6-5-10(7-11(13)8-20)9-21-14-4-2-1-3-12(14)15(17,18)19/h5-7,12,14,21H,1-4,9H2. The van der Waals surface area contributed by atoms with Crippen molar-refractivity contribution in [3.8, 4) is 6.07 Å². The van der Waals surface area contributed by atoms with Crippen LogP contribution in [-0.4, -0.2) is 12.2 Å². The van der Waals surface area contributed by atoms with Crippen LogP contribution >= 0.6 is 0 Å². The van der Waals surface area contributed by atoms with Gasteiger partial charge in [-0.25, -0.2) is 4.39 Å². The Kier molecular flexibility index (Phi) is 4.84. The van der Waals surface area contributed by atoms with Crippen LogP contribution in [0.15, 0.2) is 18.2 Å². The van der Waals surface area contributed by atoms with Crippen molar-refractivity contribution in [3.05, 3.63) is 35.1 Å². The van der Waals surface area contributed by atoms with E-state index in [0.29, 0.717) is 18.4 Å². The van der Waals surface area contributed by atoms with Crippen molar-refractivity contribution in [2.24, 2.45) is 5.92 Å². The van der Waals surface area contributed by atoms with Crippen molar-refractivity contribution in [3.63, 3.8) is 0 Å². The molecular weight excluding hydrogens is 284 g/mol. The molecule has 1 aliphatic rings. The van der Waals surface area contributed by atoms with Crippen molar-refractivity contribution in [1.29, 1.82) is 5.26 Å². The van der Waals surface area contributed by atoms with Crippen molar-refractivity contribution in [1.82, 2.24) is 5.32 Å². The molecule has 114 valence electrons. The second-order valence-electron chi connectivity index (χ2n) is 5.35. The lowest BCUT2D eigenvalue weighted by Crippen LogP contribution is -2.45. The van der Waals surface area contributed by atoms with E-state index in [1.807, 2.05) is 0 Å². The minimum Gasteiger partial charge on any atom is -0.309 e. The molecule has 0 aromatic heterocycles. The molecule has 1 fully saturated rings. The fourth-order valence-electron chi connectivity index (χ4n) is 2.78. The minimum atomic E-state index is -4.20. The zero-order chi connectivity index (χ0) is 15.5. The second kappa shape index (κ2) is 6.44. The Morgan fingerprint density at radius 2 is 1.95 bits per heavy atom. The lowest BCUT2D eigenvalue weighted by Gasteiger charge is -2.33. The molecule has 0 heterocycles. The zero-order valence-electron chi connectivity index (χ0n) is 11.4.